The van der Waals surface area contributed by atoms with Gasteiger partial charge in [0.2, 0.25) is 0 Å². The van der Waals surface area contributed by atoms with Crippen molar-refractivity contribution in [1.29, 1.82) is 0 Å². The first-order chi connectivity index (χ1) is 7.66. The summed E-state index contributed by atoms with van der Waals surface area (Å²) in [5.41, 5.74) is 3.78. The van der Waals surface area contributed by atoms with Gasteiger partial charge >= 0.3 is 0 Å². The molecule has 0 amide bonds. The number of carbonyl (C=O) groups is 1. The van der Waals surface area contributed by atoms with Gasteiger partial charge in [0.05, 0.1) is 0 Å². The fraction of sp³-hybridized carbons (Fsp3) is 0.533. The van der Waals surface area contributed by atoms with Gasteiger partial charge in [-0.3, -0.25) is 4.79 Å². The van der Waals surface area contributed by atoms with E-state index in [1.54, 1.807) is 0 Å². The largest absolute Gasteiger partial charge is 0.299 e. The lowest BCUT2D eigenvalue weighted by Gasteiger charge is -2.14. The minimum Gasteiger partial charge on any atom is -0.299 e. The average molecular weight is 216 g/mol. The van der Waals surface area contributed by atoms with Crippen LogP contribution in [0.25, 0.3) is 0 Å². The molecule has 1 heteroatoms. The second-order valence-electron chi connectivity index (χ2n) is 5.04. The van der Waals surface area contributed by atoms with Crippen LogP contribution in [0, 0.1) is 13.8 Å². The number of benzene rings is 1. The highest BCUT2D eigenvalue weighted by molar-refractivity contribution is 5.86. The van der Waals surface area contributed by atoms with Crippen molar-refractivity contribution in [2.24, 2.45) is 0 Å². The summed E-state index contributed by atoms with van der Waals surface area (Å²) in [5, 5.41) is 0. The van der Waals surface area contributed by atoms with E-state index in [1.807, 2.05) is 0 Å². The van der Waals surface area contributed by atoms with Gasteiger partial charge in [-0.05, 0) is 32.3 Å². The molecule has 0 saturated heterocycles. The molecule has 1 unspecified atom stereocenters. The topological polar surface area (TPSA) is 17.1 Å². The van der Waals surface area contributed by atoms with E-state index < -0.39 is 0 Å². The van der Waals surface area contributed by atoms with E-state index in [-0.39, 0.29) is 5.92 Å². The number of aryl methyl sites for hydroxylation is 2. The van der Waals surface area contributed by atoms with Crippen LogP contribution in [0.5, 0.6) is 0 Å². The van der Waals surface area contributed by atoms with Gasteiger partial charge in [-0.2, -0.15) is 0 Å². The van der Waals surface area contributed by atoms with Gasteiger partial charge < -0.3 is 0 Å². The van der Waals surface area contributed by atoms with Crippen molar-refractivity contribution in [2.45, 2.75) is 51.9 Å². The zero-order chi connectivity index (χ0) is 11.5. The van der Waals surface area contributed by atoms with Crippen molar-refractivity contribution in [1.82, 2.24) is 0 Å². The highest BCUT2D eigenvalue weighted by Crippen LogP contribution is 2.30. The maximum Gasteiger partial charge on any atom is 0.140 e. The van der Waals surface area contributed by atoms with Gasteiger partial charge in [0.1, 0.15) is 5.78 Å². The molecule has 0 aliphatic heterocycles. The van der Waals surface area contributed by atoms with Crippen LogP contribution < -0.4 is 0 Å². The minimum absolute atomic E-state index is 0.168. The Hall–Kier alpha value is -1.11. The van der Waals surface area contributed by atoms with Crippen LogP contribution in [0.1, 0.15) is 54.7 Å². The molecule has 1 aliphatic rings. The number of Topliss-reactive ketones (excluding diaryl/α,β-unsaturated/α-hetero) is 1. The van der Waals surface area contributed by atoms with E-state index in [2.05, 4.69) is 32.0 Å². The molecule has 2 rings (SSSR count). The molecule has 1 aromatic rings. The summed E-state index contributed by atoms with van der Waals surface area (Å²) in [6, 6.07) is 6.53. The van der Waals surface area contributed by atoms with Crippen LogP contribution in [0.3, 0.4) is 0 Å². The van der Waals surface area contributed by atoms with E-state index in [4.69, 9.17) is 0 Å². The SMILES string of the molecule is Cc1cc(C)cc(C2CCCCCC2=O)c1. The third kappa shape index (κ3) is 2.52. The monoisotopic (exact) mass is 216 g/mol. The number of rotatable bonds is 1. The molecule has 1 nitrogen and oxygen atoms in total. The van der Waals surface area contributed by atoms with E-state index >= 15 is 0 Å². The quantitative estimate of drug-likeness (QED) is 0.650. The molecular formula is C15H20O. The van der Waals surface area contributed by atoms with Crippen LogP contribution in [-0.4, -0.2) is 5.78 Å². The Bertz CT molecular complexity index is 372. The number of carbonyl (C=O) groups excluding carboxylic acids is 1. The van der Waals surface area contributed by atoms with E-state index in [9.17, 15) is 4.79 Å². The summed E-state index contributed by atoms with van der Waals surface area (Å²) >= 11 is 0. The lowest BCUT2D eigenvalue weighted by Crippen LogP contribution is -2.10. The first-order valence-corrected chi connectivity index (χ1v) is 6.28. The fourth-order valence-electron chi connectivity index (χ4n) is 2.72. The summed E-state index contributed by atoms with van der Waals surface area (Å²) in [6.45, 7) is 4.22. The second kappa shape index (κ2) is 4.82. The standard InChI is InChI=1S/C15H20O/c1-11-8-12(2)10-13(9-11)14-6-4-3-5-7-15(14)16/h8-10,14H,3-7H2,1-2H3. The molecule has 0 N–H and O–H groups in total. The predicted molar refractivity (Wildman–Crippen MR) is 66.7 cm³/mol. The fourth-order valence-corrected chi connectivity index (χ4v) is 2.72. The molecule has 0 bridgehead atoms. The highest BCUT2D eigenvalue weighted by atomic mass is 16.1. The summed E-state index contributed by atoms with van der Waals surface area (Å²) in [6.07, 6.45) is 5.32. The van der Waals surface area contributed by atoms with Crippen molar-refractivity contribution in [3.05, 3.63) is 34.9 Å². The molecule has 1 aromatic carbocycles. The summed E-state index contributed by atoms with van der Waals surface area (Å²) in [4.78, 5) is 12.0. The Balaban J connectivity index is 2.30. The van der Waals surface area contributed by atoms with Gasteiger partial charge in [0, 0.05) is 12.3 Å². The molecule has 86 valence electrons. The molecule has 1 fully saturated rings. The van der Waals surface area contributed by atoms with Gasteiger partial charge in [0.25, 0.3) is 0 Å². The van der Waals surface area contributed by atoms with Crippen molar-refractivity contribution in [3.8, 4) is 0 Å². The van der Waals surface area contributed by atoms with Crippen LogP contribution in [0.4, 0.5) is 0 Å². The van der Waals surface area contributed by atoms with Crippen molar-refractivity contribution < 1.29 is 4.79 Å². The zero-order valence-corrected chi connectivity index (χ0v) is 10.3. The van der Waals surface area contributed by atoms with Crippen molar-refractivity contribution >= 4 is 5.78 Å². The molecule has 1 saturated carbocycles. The van der Waals surface area contributed by atoms with Crippen molar-refractivity contribution in [2.75, 3.05) is 0 Å². The second-order valence-corrected chi connectivity index (χ2v) is 5.04. The number of hydrogen-bond donors (Lipinski definition) is 0. The van der Waals surface area contributed by atoms with E-state index in [0.717, 1.165) is 19.3 Å². The Morgan fingerprint density at radius 3 is 2.38 bits per heavy atom. The molecule has 1 atom stereocenters. The zero-order valence-electron chi connectivity index (χ0n) is 10.3. The van der Waals surface area contributed by atoms with Crippen LogP contribution in [0.15, 0.2) is 18.2 Å². The Morgan fingerprint density at radius 1 is 1.00 bits per heavy atom. The maximum absolute atomic E-state index is 12.0. The third-order valence-electron chi connectivity index (χ3n) is 3.45. The van der Waals surface area contributed by atoms with Gasteiger partial charge in [0.15, 0.2) is 0 Å². The molecular weight excluding hydrogens is 196 g/mol. The summed E-state index contributed by atoms with van der Waals surface area (Å²) < 4.78 is 0. The Labute approximate surface area is 97.9 Å². The first-order valence-electron chi connectivity index (χ1n) is 6.28. The maximum atomic E-state index is 12.0. The van der Waals surface area contributed by atoms with Gasteiger partial charge in [-0.15, -0.1) is 0 Å². The molecule has 16 heavy (non-hydrogen) atoms. The highest BCUT2D eigenvalue weighted by Gasteiger charge is 2.22. The number of hydrogen-bond acceptors (Lipinski definition) is 1. The lowest BCUT2D eigenvalue weighted by atomic mass is 9.89. The summed E-state index contributed by atoms with van der Waals surface area (Å²) in [5.74, 6) is 0.614. The Kier molecular flexibility index (Phi) is 3.42. The minimum atomic E-state index is 0.168. The Morgan fingerprint density at radius 2 is 1.69 bits per heavy atom. The van der Waals surface area contributed by atoms with Crippen LogP contribution in [0.2, 0.25) is 0 Å². The normalized spacial score (nSPS) is 21.9. The third-order valence-corrected chi connectivity index (χ3v) is 3.45. The molecule has 0 heterocycles. The predicted octanol–water partition coefficient (Wildman–Crippen LogP) is 3.92. The van der Waals surface area contributed by atoms with Gasteiger partial charge in [-0.1, -0.05) is 42.2 Å². The first kappa shape index (κ1) is 11.4. The van der Waals surface area contributed by atoms with Crippen molar-refractivity contribution in [3.63, 3.8) is 0 Å². The van der Waals surface area contributed by atoms with Gasteiger partial charge in [-0.25, -0.2) is 0 Å². The molecule has 1 aliphatic carbocycles. The molecule has 0 spiro atoms. The smallest absolute Gasteiger partial charge is 0.140 e. The van der Waals surface area contributed by atoms with Crippen LogP contribution >= 0.6 is 0 Å². The van der Waals surface area contributed by atoms with E-state index in [1.165, 1.54) is 29.5 Å². The van der Waals surface area contributed by atoms with E-state index in [0.29, 0.717) is 5.78 Å². The molecule has 0 aromatic heterocycles. The molecule has 0 radical (unpaired) electrons. The summed E-state index contributed by atoms with van der Waals surface area (Å²) in [7, 11) is 0. The number of ketones is 1. The van der Waals surface area contributed by atoms with Crippen LogP contribution in [-0.2, 0) is 4.79 Å². The average Bonchev–Trinajstić information content (AvgIpc) is 2.41. The lowest BCUT2D eigenvalue weighted by molar-refractivity contribution is -0.120.